The first-order valence-corrected chi connectivity index (χ1v) is 12.6. The summed E-state index contributed by atoms with van der Waals surface area (Å²) < 4.78 is 27.2. The monoisotopic (exact) mass is 453 g/mol. The molecule has 1 aliphatic carbocycles. The minimum absolute atomic E-state index is 0.0693. The van der Waals surface area contributed by atoms with Crippen LogP contribution in [0.15, 0.2) is 28.3 Å². The van der Waals surface area contributed by atoms with E-state index in [0.29, 0.717) is 23.8 Å². The average molecular weight is 454 g/mol. The van der Waals surface area contributed by atoms with Gasteiger partial charge in [-0.25, -0.2) is 0 Å². The van der Waals surface area contributed by atoms with Crippen molar-refractivity contribution >= 4 is 22.2 Å². The number of amidine groups is 1. The second-order valence-corrected chi connectivity index (χ2v) is 9.54. The van der Waals surface area contributed by atoms with Gasteiger partial charge in [-0.05, 0) is 50.3 Å². The molecule has 1 aromatic heterocycles. The molecule has 2 rings (SSSR count). The van der Waals surface area contributed by atoms with Gasteiger partial charge in [0.25, 0.3) is 10.1 Å². The number of hydrogen-bond acceptors (Lipinski definition) is 8. The fourth-order valence-corrected chi connectivity index (χ4v) is 3.62. The van der Waals surface area contributed by atoms with E-state index in [2.05, 4.69) is 22.2 Å². The molecule has 0 saturated heterocycles. The molecule has 4 N–H and O–H groups in total. The number of pyridine rings is 1. The lowest BCUT2D eigenvalue weighted by Gasteiger charge is -2.23. The Hall–Kier alpha value is -1.88. The third-order valence-corrected chi connectivity index (χ3v) is 5.63. The molecule has 1 aromatic rings. The Balaban J connectivity index is 2.11. The van der Waals surface area contributed by atoms with Gasteiger partial charge in [0.05, 0.1) is 43.3 Å². The molecule has 1 atom stereocenters. The van der Waals surface area contributed by atoms with Gasteiger partial charge in [-0.3, -0.25) is 24.5 Å². The summed E-state index contributed by atoms with van der Waals surface area (Å²) in [5.74, 6) is 0.0519. The van der Waals surface area contributed by atoms with Crippen LogP contribution in [-0.4, -0.2) is 62.2 Å². The van der Waals surface area contributed by atoms with E-state index in [1.807, 2.05) is 0 Å². The van der Waals surface area contributed by atoms with Gasteiger partial charge in [-0.15, -0.1) is 0 Å². The molecule has 1 aliphatic rings. The van der Waals surface area contributed by atoms with Gasteiger partial charge in [-0.2, -0.15) is 8.42 Å². The maximum atomic E-state index is 11.2. The predicted molar refractivity (Wildman–Crippen MR) is 123 cm³/mol. The minimum atomic E-state index is -3.52. The third kappa shape index (κ3) is 9.86. The maximum absolute atomic E-state index is 11.2. The van der Waals surface area contributed by atoms with Gasteiger partial charge < -0.3 is 10.8 Å². The van der Waals surface area contributed by atoms with Crippen molar-refractivity contribution in [2.45, 2.75) is 70.1 Å². The number of nitrogens with one attached hydrogen (secondary N) is 1. The number of aliphatic hydroxyl groups excluding tert-OH is 1. The number of aliphatic imine (C=N–C) groups is 2. The molecule has 0 aliphatic heterocycles. The van der Waals surface area contributed by atoms with Crippen molar-refractivity contribution in [2.75, 3.05) is 19.5 Å². The van der Waals surface area contributed by atoms with Gasteiger partial charge in [-0.1, -0.05) is 19.4 Å². The minimum Gasteiger partial charge on any atom is -0.393 e. The summed E-state index contributed by atoms with van der Waals surface area (Å²) in [6.07, 6.45) is 9.38. The smallest absolute Gasteiger partial charge is 0.264 e. The molecule has 0 amide bonds. The van der Waals surface area contributed by atoms with E-state index < -0.39 is 10.1 Å². The van der Waals surface area contributed by atoms with Crippen molar-refractivity contribution in [3.8, 4) is 0 Å². The first-order chi connectivity index (χ1) is 14.8. The van der Waals surface area contributed by atoms with E-state index in [-0.39, 0.29) is 24.7 Å². The highest BCUT2D eigenvalue weighted by atomic mass is 32.2. The van der Waals surface area contributed by atoms with Crippen LogP contribution in [0.25, 0.3) is 0 Å². The Morgan fingerprint density at radius 2 is 2.13 bits per heavy atom. The van der Waals surface area contributed by atoms with Crippen molar-refractivity contribution in [1.82, 2.24) is 10.3 Å². The third-order valence-electron chi connectivity index (χ3n) is 5.09. The van der Waals surface area contributed by atoms with E-state index >= 15 is 0 Å². The van der Waals surface area contributed by atoms with Crippen LogP contribution in [0.2, 0.25) is 0 Å². The largest absolute Gasteiger partial charge is 0.393 e. The molecule has 1 unspecified atom stereocenters. The van der Waals surface area contributed by atoms with Crippen LogP contribution >= 0.6 is 0 Å². The van der Waals surface area contributed by atoms with Crippen molar-refractivity contribution < 1.29 is 17.7 Å². The number of unbranched alkanes of at least 4 members (excludes halogenated alkanes) is 1. The highest BCUT2D eigenvalue weighted by Gasteiger charge is 2.22. The molecule has 0 bridgehead atoms. The zero-order valence-electron chi connectivity index (χ0n) is 18.4. The van der Waals surface area contributed by atoms with Gasteiger partial charge in [0.1, 0.15) is 5.84 Å². The second-order valence-electron chi connectivity index (χ2n) is 7.89. The molecule has 1 saturated carbocycles. The molecule has 10 heteroatoms. The predicted octanol–water partition coefficient (Wildman–Crippen LogP) is 1.72. The lowest BCUT2D eigenvalue weighted by Crippen LogP contribution is -2.29. The second kappa shape index (κ2) is 12.8. The number of nitrogens with zero attached hydrogens (tertiary/aromatic N) is 3. The molecule has 0 spiro atoms. The van der Waals surface area contributed by atoms with Crippen LogP contribution in [0.3, 0.4) is 0 Å². The molecule has 0 radical (unpaired) electrons. The zero-order valence-corrected chi connectivity index (χ0v) is 19.2. The summed E-state index contributed by atoms with van der Waals surface area (Å²) in [6, 6.07) is 3.64. The molecule has 1 heterocycles. The average Bonchev–Trinajstić information content (AvgIpc) is 2.73. The van der Waals surface area contributed by atoms with Crippen LogP contribution in [-0.2, 0) is 20.9 Å². The van der Waals surface area contributed by atoms with E-state index in [4.69, 9.17) is 14.9 Å². The number of aromatic nitrogens is 1. The van der Waals surface area contributed by atoms with Crippen LogP contribution in [0.5, 0.6) is 0 Å². The first kappa shape index (κ1) is 25.4. The van der Waals surface area contributed by atoms with E-state index in [1.165, 1.54) is 0 Å². The fourth-order valence-electron chi connectivity index (χ4n) is 3.27. The van der Waals surface area contributed by atoms with Crippen molar-refractivity contribution in [2.24, 2.45) is 15.7 Å². The Labute approximate surface area is 185 Å². The van der Waals surface area contributed by atoms with E-state index in [9.17, 15) is 13.5 Å². The molecule has 1 fully saturated rings. The number of rotatable bonds is 12. The fraction of sp³-hybridized carbons (Fsp3) is 0.667. The van der Waals surface area contributed by atoms with Gasteiger partial charge in [0, 0.05) is 12.4 Å². The summed E-state index contributed by atoms with van der Waals surface area (Å²) in [5.41, 5.74) is 7.68. The highest BCUT2D eigenvalue weighted by molar-refractivity contribution is 7.85. The van der Waals surface area contributed by atoms with E-state index in [1.54, 1.807) is 24.5 Å². The molecule has 9 nitrogen and oxygen atoms in total. The summed E-state index contributed by atoms with van der Waals surface area (Å²) in [7, 11) is -3.52. The van der Waals surface area contributed by atoms with Crippen molar-refractivity contribution in [3.63, 3.8) is 0 Å². The zero-order chi connectivity index (χ0) is 22.7. The summed E-state index contributed by atoms with van der Waals surface area (Å²) >= 11 is 0. The van der Waals surface area contributed by atoms with E-state index in [0.717, 1.165) is 51.3 Å². The Morgan fingerprint density at radius 3 is 2.74 bits per heavy atom. The van der Waals surface area contributed by atoms with Crippen LogP contribution < -0.4 is 11.1 Å². The maximum Gasteiger partial charge on any atom is 0.264 e. The number of aliphatic hydroxyl groups is 1. The summed E-state index contributed by atoms with van der Waals surface area (Å²) in [6.45, 7) is 3.46. The Morgan fingerprint density at radius 1 is 1.39 bits per heavy atom. The van der Waals surface area contributed by atoms with Crippen molar-refractivity contribution in [1.29, 1.82) is 0 Å². The quantitative estimate of drug-likeness (QED) is 0.189. The standard InChI is InChI=1S/C21H35N5O4S/c1-3-4-11-23-15-24-13-19(21(22)26-17-6-8-18(27)9-7-17)20-10-5-16(12-25-20)14-30-31(2,28)29/h5,10,12-13,17-19,23,27H,3-4,6-9,11,14-15H2,1-2H3,(H2,22,26). The number of hydrogen-bond donors (Lipinski definition) is 3. The van der Waals surface area contributed by atoms with Crippen LogP contribution in [0.4, 0.5) is 0 Å². The molecular weight excluding hydrogens is 418 g/mol. The summed E-state index contributed by atoms with van der Waals surface area (Å²) in [4.78, 5) is 13.6. The SMILES string of the molecule is CCCCNCN=CC(C(N)=NC1CCC(O)CC1)c1ccc(COS(C)(=O)=O)cn1. The number of nitrogens with two attached hydrogens (primary N) is 1. The molecule has 31 heavy (non-hydrogen) atoms. The lowest BCUT2D eigenvalue weighted by atomic mass is 9.93. The van der Waals surface area contributed by atoms with Gasteiger partial charge in [0.15, 0.2) is 0 Å². The Bertz CT molecular complexity index is 819. The molecular formula is C21H35N5O4S. The Kier molecular flexibility index (Phi) is 10.5. The van der Waals surface area contributed by atoms with Crippen LogP contribution in [0, 0.1) is 0 Å². The topological polar surface area (TPSA) is 139 Å². The lowest BCUT2D eigenvalue weighted by molar-refractivity contribution is 0.123. The first-order valence-electron chi connectivity index (χ1n) is 10.8. The van der Waals surface area contributed by atoms with Crippen LogP contribution in [0.1, 0.15) is 62.6 Å². The molecule has 0 aromatic carbocycles. The van der Waals surface area contributed by atoms with Gasteiger partial charge >= 0.3 is 0 Å². The van der Waals surface area contributed by atoms with Crippen molar-refractivity contribution in [3.05, 3.63) is 29.6 Å². The highest BCUT2D eigenvalue weighted by Crippen LogP contribution is 2.22. The van der Waals surface area contributed by atoms with Gasteiger partial charge in [0.2, 0.25) is 0 Å². The summed E-state index contributed by atoms with van der Waals surface area (Å²) in [5, 5.41) is 13.0. The normalized spacial score (nSPS) is 21.5. The molecule has 174 valence electrons.